The molecule has 0 radical (unpaired) electrons. The molecule has 0 atom stereocenters. The molecule has 0 heterocycles. The molecule has 0 N–H and O–H groups in total. The van der Waals surface area contributed by atoms with E-state index in [9.17, 15) is 0 Å². The molecule has 3 aromatic carbocycles. The molecule has 1 nitrogen and oxygen atoms in total. The van der Waals surface area contributed by atoms with Crippen LogP contribution in [0.15, 0.2) is 60.7 Å². The zero-order valence-electron chi connectivity index (χ0n) is 11.3. The van der Waals surface area contributed by atoms with E-state index < -0.39 is 0 Å². The maximum Gasteiger partial charge on any atom is 0.128 e. The summed E-state index contributed by atoms with van der Waals surface area (Å²) in [4.78, 5) is 0. The van der Waals surface area contributed by atoms with Crippen molar-refractivity contribution in [1.82, 2.24) is 0 Å². The van der Waals surface area contributed by atoms with Crippen LogP contribution in [0.1, 0.15) is 11.1 Å². The molecule has 100 valence electrons. The summed E-state index contributed by atoms with van der Waals surface area (Å²) in [6.45, 7) is 2.05. The fourth-order valence-electron chi connectivity index (χ4n) is 2.25. The van der Waals surface area contributed by atoms with Crippen molar-refractivity contribution < 1.29 is 4.74 Å². The van der Waals surface area contributed by atoms with Crippen LogP contribution in [0, 0.1) is 6.92 Å². The maximum absolute atomic E-state index is 5.92. The second-order valence-electron chi connectivity index (χ2n) is 4.83. The van der Waals surface area contributed by atoms with Crippen LogP contribution in [0.4, 0.5) is 0 Å². The van der Waals surface area contributed by atoms with Crippen molar-refractivity contribution in [2.24, 2.45) is 0 Å². The molecule has 0 amide bonds. The lowest BCUT2D eigenvalue weighted by Crippen LogP contribution is -1.88. The molecule has 0 bridgehead atoms. The number of aryl methyl sites for hydroxylation is 1. The summed E-state index contributed by atoms with van der Waals surface area (Å²) in [5.41, 5.74) is 2.29. The Morgan fingerprint density at radius 1 is 0.850 bits per heavy atom. The first kappa shape index (κ1) is 13.0. The lowest BCUT2D eigenvalue weighted by molar-refractivity contribution is 0.483. The molecule has 20 heavy (non-hydrogen) atoms. The number of benzene rings is 3. The van der Waals surface area contributed by atoms with E-state index in [0.717, 1.165) is 22.6 Å². The molecule has 3 aromatic rings. The molecule has 0 aliphatic carbocycles. The second kappa shape index (κ2) is 5.56. The summed E-state index contributed by atoms with van der Waals surface area (Å²) in [6, 6.07) is 20.4. The molecular weight excluding hydrogens is 268 g/mol. The topological polar surface area (TPSA) is 9.23 Å². The minimum absolute atomic E-state index is 0.530. The van der Waals surface area contributed by atoms with Gasteiger partial charge in [-0.05, 0) is 53.1 Å². The average molecular weight is 283 g/mol. The highest BCUT2D eigenvalue weighted by Gasteiger charge is 2.02. The summed E-state index contributed by atoms with van der Waals surface area (Å²) in [5.74, 6) is 2.22. The van der Waals surface area contributed by atoms with Gasteiger partial charge >= 0.3 is 0 Å². The summed E-state index contributed by atoms with van der Waals surface area (Å²) >= 11 is 5.87. The van der Waals surface area contributed by atoms with Gasteiger partial charge in [-0.1, -0.05) is 36.4 Å². The number of ether oxygens (including phenoxy) is 1. The van der Waals surface area contributed by atoms with Gasteiger partial charge < -0.3 is 4.74 Å². The van der Waals surface area contributed by atoms with Crippen molar-refractivity contribution >= 4 is 22.4 Å². The van der Waals surface area contributed by atoms with Crippen molar-refractivity contribution in [2.75, 3.05) is 0 Å². The van der Waals surface area contributed by atoms with Gasteiger partial charge in [0, 0.05) is 5.88 Å². The van der Waals surface area contributed by atoms with E-state index in [1.807, 2.05) is 43.3 Å². The van der Waals surface area contributed by atoms with Gasteiger partial charge in [-0.2, -0.15) is 0 Å². The highest BCUT2D eigenvalue weighted by Crippen LogP contribution is 2.27. The smallest absolute Gasteiger partial charge is 0.128 e. The third kappa shape index (κ3) is 2.63. The van der Waals surface area contributed by atoms with Crippen molar-refractivity contribution in [3.05, 3.63) is 71.8 Å². The van der Waals surface area contributed by atoms with Crippen LogP contribution >= 0.6 is 11.6 Å². The van der Waals surface area contributed by atoms with E-state index in [1.165, 1.54) is 10.8 Å². The largest absolute Gasteiger partial charge is 0.457 e. The minimum Gasteiger partial charge on any atom is -0.457 e. The van der Waals surface area contributed by atoms with Crippen molar-refractivity contribution in [3.8, 4) is 11.5 Å². The van der Waals surface area contributed by atoms with Gasteiger partial charge in [-0.15, -0.1) is 11.6 Å². The molecule has 0 aliphatic rings. The number of alkyl halides is 1. The van der Waals surface area contributed by atoms with Gasteiger partial charge in [0.2, 0.25) is 0 Å². The van der Waals surface area contributed by atoms with E-state index >= 15 is 0 Å². The lowest BCUT2D eigenvalue weighted by atomic mass is 10.1. The van der Waals surface area contributed by atoms with Crippen LogP contribution < -0.4 is 4.74 Å². The highest BCUT2D eigenvalue weighted by atomic mass is 35.5. The van der Waals surface area contributed by atoms with E-state index in [2.05, 4.69) is 24.3 Å². The van der Waals surface area contributed by atoms with Crippen LogP contribution in [0.3, 0.4) is 0 Å². The summed E-state index contributed by atoms with van der Waals surface area (Å²) in [5, 5.41) is 2.40. The number of halogens is 1. The fourth-order valence-corrected chi connectivity index (χ4v) is 2.55. The Kier molecular flexibility index (Phi) is 3.62. The van der Waals surface area contributed by atoms with Crippen LogP contribution in [0.5, 0.6) is 11.5 Å². The fraction of sp³-hybridized carbons (Fsp3) is 0.111. The molecule has 0 unspecified atom stereocenters. The number of fused-ring (bicyclic) bond motifs is 1. The first-order chi connectivity index (χ1) is 9.76. The standard InChI is InChI=1S/C18H15ClO/c1-13-10-17(9-7-16(13)12-19)20-18-8-6-14-4-2-3-5-15(14)11-18/h2-11H,12H2,1H3. The number of hydrogen-bond acceptors (Lipinski definition) is 1. The van der Waals surface area contributed by atoms with Crippen molar-refractivity contribution in [2.45, 2.75) is 12.8 Å². The van der Waals surface area contributed by atoms with E-state index in [-0.39, 0.29) is 0 Å². The Labute approximate surface area is 123 Å². The summed E-state index contributed by atoms with van der Waals surface area (Å²) in [6.07, 6.45) is 0. The molecule has 0 spiro atoms. The summed E-state index contributed by atoms with van der Waals surface area (Å²) < 4.78 is 5.92. The second-order valence-corrected chi connectivity index (χ2v) is 5.10. The van der Waals surface area contributed by atoms with Gasteiger partial charge in [0.25, 0.3) is 0 Å². The van der Waals surface area contributed by atoms with E-state index in [0.29, 0.717) is 5.88 Å². The lowest BCUT2D eigenvalue weighted by Gasteiger charge is -2.09. The normalized spacial score (nSPS) is 10.7. The van der Waals surface area contributed by atoms with Gasteiger partial charge in [0.05, 0.1) is 0 Å². The zero-order chi connectivity index (χ0) is 13.9. The maximum atomic E-state index is 5.92. The number of hydrogen-bond donors (Lipinski definition) is 0. The molecule has 0 aliphatic heterocycles. The monoisotopic (exact) mass is 282 g/mol. The van der Waals surface area contributed by atoms with Crippen LogP contribution in [-0.2, 0) is 5.88 Å². The SMILES string of the molecule is Cc1cc(Oc2ccc3ccccc3c2)ccc1CCl. The zero-order valence-corrected chi connectivity index (χ0v) is 12.0. The van der Waals surface area contributed by atoms with Crippen molar-refractivity contribution in [3.63, 3.8) is 0 Å². The molecule has 0 aromatic heterocycles. The number of rotatable bonds is 3. The molecular formula is C18H15ClO. The molecule has 3 rings (SSSR count). The molecule has 0 fully saturated rings. The Hall–Kier alpha value is -1.99. The highest BCUT2D eigenvalue weighted by molar-refractivity contribution is 6.17. The average Bonchev–Trinajstić information content (AvgIpc) is 2.47. The first-order valence-corrected chi connectivity index (χ1v) is 7.12. The molecule has 0 saturated heterocycles. The van der Waals surface area contributed by atoms with Crippen LogP contribution in [0.2, 0.25) is 0 Å². The van der Waals surface area contributed by atoms with Crippen LogP contribution in [-0.4, -0.2) is 0 Å². The Bertz CT molecular complexity index is 749. The van der Waals surface area contributed by atoms with E-state index in [1.54, 1.807) is 0 Å². The van der Waals surface area contributed by atoms with E-state index in [4.69, 9.17) is 16.3 Å². The van der Waals surface area contributed by atoms with Gasteiger partial charge in [0.15, 0.2) is 0 Å². The third-order valence-corrected chi connectivity index (χ3v) is 3.70. The van der Waals surface area contributed by atoms with Gasteiger partial charge in [-0.3, -0.25) is 0 Å². The third-order valence-electron chi connectivity index (χ3n) is 3.41. The molecule has 0 saturated carbocycles. The summed E-state index contributed by atoms with van der Waals surface area (Å²) in [7, 11) is 0. The quantitative estimate of drug-likeness (QED) is 0.562. The predicted octanol–water partition coefficient (Wildman–Crippen LogP) is 5.68. The predicted molar refractivity (Wildman–Crippen MR) is 84.8 cm³/mol. The Morgan fingerprint density at radius 2 is 1.55 bits per heavy atom. The molecule has 2 heteroatoms. The van der Waals surface area contributed by atoms with Crippen LogP contribution in [0.25, 0.3) is 10.8 Å². The minimum atomic E-state index is 0.530. The van der Waals surface area contributed by atoms with Gasteiger partial charge in [-0.25, -0.2) is 0 Å². The Morgan fingerprint density at radius 3 is 2.30 bits per heavy atom. The van der Waals surface area contributed by atoms with Gasteiger partial charge in [0.1, 0.15) is 11.5 Å². The first-order valence-electron chi connectivity index (χ1n) is 6.58. The van der Waals surface area contributed by atoms with Crippen molar-refractivity contribution in [1.29, 1.82) is 0 Å². The Balaban J connectivity index is 1.90.